The van der Waals surface area contributed by atoms with Gasteiger partial charge in [0.15, 0.2) is 0 Å². The summed E-state index contributed by atoms with van der Waals surface area (Å²) < 4.78 is 0. The lowest BCUT2D eigenvalue weighted by Crippen LogP contribution is -1.93. The summed E-state index contributed by atoms with van der Waals surface area (Å²) >= 11 is 7.71. The monoisotopic (exact) mass is 301 g/mol. The van der Waals surface area contributed by atoms with E-state index in [1.807, 2.05) is 36.4 Å². The zero-order valence-corrected chi connectivity index (χ0v) is 12.2. The number of rotatable bonds is 3. The number of aromatic nitrogens is 2. The predicted octanol–water partition coefficient (Wildman–Crippen LogP) is 4.16. The lowest BCUT2D eigenvalue weighted by atomic mass is 10.1. The molecule has 20 heavy (non-hydrogen) atoms. The molecule has 2 heterocycles. The summed E-state index contributed by atoms with van der Waals surface area (Å²) in [6.45, 7) is 0. The van der Waals surface area contributed by atoms with E-state index in [0.29, 0.717) is 5.02 Å². The zero-order valence-electron chi connectivity index (χ0n) is 10.6. The number of hydrogen-bond acceptors (Lipinski definition) is 4. The summed E-state index contributed by atoms with van der Waals surface area (Å²) in [5.41, 5.74) is 8.79. The standard InChI is InChI=1S/C15H12ClN3S/c16-12-4-2-8-19-15(12)20-9-10-5-6-13(17)11-3-1-7-18-14(10)11/h1-8H,9,17H2. The highest BCUT2D eigenvalue weighted by Crippen LogP contribution is 2.30. The van der Waals surface area contributed by atoms with Crippen LogP contribution in [-0.4, -0.2) is 9.97 Å². The summed E-state index contributed by atoms with van der Waals surface area (Å²) in [6.07, 6.45) is 3.53. The number of fused-ring (bicyclic) bond motifs is 1. The Hall–Kier alpha value is -1.78. The number of thioether (sulfide) groups is 1. The molecule has 5 heteroatoms. The lowest BCUT2D eigenvalue weighted by molar-refractivity contribution is 1.13. The molecule has 1 aromatic carbocycles. The summed E-state index contributed by atoms with van der Waals surface area (Å²) in [5.74, 6) is 0.754. The molecule has 0 aliphatic heterocycles. The van der Waals surface area contributed by atoms with Gasteiger partial charge in [-0.15, -0.1) is 11.8 Å². The zero-order chi connectivity index (χ0) is 13.9. The fourth-order valence-electron chi connectivity index (χ4n) is 1.99. The first kappa shape index (κ1) is 13.2. The van der Waals surface area contributed by atoms with E-state index in [1.54, 1.807) is 24.2 Å². The third-order valence-corrected chi connectivity index (χ3v) is 4.45. The molecule has 100 valence electrons. The maximum Gasteiger partial charge on any atom is 0.115 e. The highest BCUT2D eigenvalue weighted by atomic mass is 35.5. The molecule has 0 radical (unpaired) electrons. The van der Waals surface area contributed by atoms with Gasteiger partial charge in [0.1, 0.15) is 5.03 Å². The first-order valence-corrected chi connectivity index (χ1v) is 7.47. The Morgan fingerprint density at radius 3 is 2.70 bits per heavy atom. The number of nitrogen functional groups attached to an aromatic ring is 1. The SMILES string of the molecule is Nc1ccc(CSc2ncccc2Cl)c2ncccc12. The fraction of sp³-hybridized carbons (Fsp3) is 0.0667. The maximum atomic E-state index is 6.11. The Labute approximate surface area is 126 Å². The molecule has 2 aromatic heterocycles. The van der Waals surface area contributed by atoms with Crippen LogP contribution in [0.5, 0.6) is 0 Å². The van der Waals surface area contributed by atoms with E-state index in [0.717, 1.165) is 32.9 Å². The van der Waals surface area contributed by atoms with Gasteiger partial charge in [0.25, 0.3) is 0 Å². The van der Waals surface area contributed by atoms with Gasteiger partial charge in [0.05, 0.1) is 10.5 Å². The van der Waals surface area contributed by atoms with E-state index in [1.165, 1.54) is 0 Å². The van der Waals surface area contributed by atoms with Crippen molar-refractivity contribution in [3.05, 3.63) is 59.4 Å². The van der Waals surface area contributed by atoms with Crippen LogP contribution in [0, 0.1) is 0 Å². The van der Waals surface area contributed by atoms with Crippen molar-refractivity contribution in [2.24, 2.45) is 0 Å². The van der Waals surface area contributed by atoms with Gasteiger partial charge >= 0.3 is 0 Å². The van der Waals surface area contributed by atoms with Crippen molar-refractivity contribution in [3.8, 4) is 0 Å². The third kappa shape index (κ3) is 2.57. The average Bonchev–Trinajstić information content (AvgIpc) is 2.48. The van der Waals surface area contributed by atoms with E-state index >= 15 is 0 Å². The molecule has 0 spiro atoms. The first-order chi connectivity index (χ1) is 9.75. The van der Waals surface area contributed by atoms with Gasteiger partial charge in [-0.1, -0.05) is 17.7 Å². The molecule has 0 saturated carbocycles. The number of anilines is 1. The molecule has 0 aliphatic carbocycles. The van der Waals surface area contributed by atoms with Crippen molar-refractivity contribution in [1.29, 1.82) is 0 Å². The number of hydrogen-bond donors (Lipinski definition) is 1. The van der Waals surface area contributed by atoms with Crippen LogP contribution in [0.4, 0.5) is 5.69 Å². The minimum atomic E-state index is 0.671. The van der Waals surface area contributed by atoms with E-state index in [2.05, 4.69) is 9.97 Å². The molecule has 3 rings (SSSR count). The molecule has 3 nitrogen and oxygen atoms in total. The average molecular weight is 302 g/mol. The second-order valence-electron chi connectivity index (χ2n) is 4.29. The van der Waals surface area contributed by atoms with Crippen molar-refractivity contribution >= 4 is 40.0 Å². The first-order valence-electron chi connectivity index (χ1n) is 6.11. The number of benzene rings is 1. The minimum Gasteiger partial charge on any atom is -0.398 e. The normalized spacial score (nSPS) is 10.8. The van der Waals surface area contributed by atoms with Crippen LogP contribution >= 0.6 is 23.4 Å². The van der Waals surface area contributed by atoms with Crippen LogP contribution < -0.4 is 5.73 Å². The Kier molecular flexibility index (Phi) is 3.76. The third-order valence-electron chi connectivity index (χ3n) is 2.98. The fourth-order valence-corrected chi connectivity index (χ4v) is 3.14. The van der Waals surface area contributed by atoms with Gasteiger partial charge in [-0.25, -0.2) is 4.98 Å². The number of nitrogens with zero attached hydrogens (tertiary/aromatic N) is 2. The molecule has 3 aromatic rings. The van der Waals surface area contributed by atoms with Gasteiger partial charge < -0.3 is 5.73 Å². The quantitative estimate of drug-likeness (QED) is 0.583. The van der Waals surface area contributed by atoms with Crippen molar-refractivity contribution in [1.82, 2.24) is 9.97 Å². The molecule has 0 saturated heterocycles. The molecule has 0 aliphatic rings. The summed E-state index contributed by atoms with van der Waals surface area (Å²) in [5, 5.41) is 2.48. The second kappa shape index (κ2) is 5.69. The molecule has 0 amide bonds. The molecule has 0 fully saturated rings. The number of halogens is 1. The summed E-state index contributed by atoms with van der Waals surface area (Å²) in [7, 11) is 0. The smallest absolute Gasteiger partial charge is 0.115 e. The van der Waals surface area contributed by atoms with E-state index in [-0.39, 0.29) is 0 Å². The largest absolute Gasteiger partial charge is 0.398 e. The molecule has 0 atom stereocenters. The summed E-state index contributed by atoms with van der Waals surface area (Å²) in [6, 6.07) is 11.5. The second-order valence-corrected chi connectivity index (χ2v) is 5.66. The van der Waals surface area contributed by atoms with Crippen molar-refractivity contribution in [2.45, 2.75) is 10.8 Å². The van der Waals surface area contributed by atoms with Crippen LogP contribution in [0.25, 0.3) is 10.9 Å². The summed E-state index contributed by atoms with van der Waals surface area (Å²) in [4.78, 5) is 8.71. The van der Waals surface area contributed by atoms with Crippen molar-refractivity contribution in [3.63, 3.8) is 0 Å². The highest BCUT2D eigenvalue weighted by Gasteiger charge is 2.07. The van der Waals surface area contributed by atoms with Crippen molar-refractivity contribution < 1.29 is 0 Å². The van der Waals surface area contributed by atoms with Gasteiger partial charge in [0.2, 0.25) is 0 Å². The highest BCUT2D eigenvalue weighted by molar-refractivity contribution is 7.98. The molecule has 0 unspecified atom stereocenters. The Balaban J connectivity index is 1.92. The number of pyridine rings is 2. The van der Waals surface area contributed by atoms with Gasteiger partial charge in [-0.05, 0) is 35.9 Å². The van der Waals surface area contributed by atoms with Crippen LogP contribution in [-0.2, 0) is 5.75 Å². The minimum absolute atomic E-state index is 0.671. The Morgan fingerprint density at radius 2 is 1.85 bits per heavy atom. The van der Waals surface area contributed by atoms with E-state index in [9.17, 15) is 0 Å². The van der Waals surface area contributed by atoms with Crippen LogP contribution in [0.3, 0.4) is 0 Å². The van der Waals surface area contributed by atoms with Crippen molar-refractivity contribution in [2.75, 3.05) is 5.73 Å². The lowest BCUT2D eigenvalue weighted by Gasteiger charge is -2.08. The predicted molar refractivity (Wildman–Crippen MR) is 85.0 cm³/mol. The van der Waals surface area contributed by atoms with Gasteiger partial charge in [-0.3, -0.25) is 4.98 Å². The van der Waals surface area contributed by atoms with Gasteiger partial charge in [-0.2, -0.15) is 0 Å². The van der Waals surface area contributed by atoms with Crippen LogP contribution in [0.1, 0.15) is 5.56 Å². The molecular formula is C15H12ClN3S. The Bertz CT molecular complexity index is 761. The molecule has 2 N–H and O–H groups in total. The van der Waals surface area contributed by atoms with Crippen LogP contribution in [0.2, 0.25) is 5.02 Å². The van der Waals surface area contributed by atoms with E-state index < -0.39 is 0 Å². The molecule has 0 bridgehead atoms. The maximum absolute atomic E-state index is 6.11. The Morgan fingerprint density at radius 1 is 1.05 bits per heavy atom. The number of nitrogens with two attached hydrogens (primary N) is 1. The topological polar surface area (TPSA) is 51.8 Å². The van der Waals surface area contributed by atoms with Gasteiger partial charge in [0, 0.05) is 29.2 Å². The molecular weight excluding hydrogens is 290 g/mol. The van der Waals surface area contributed by atoms with Crippen LogP contribution in [0.15, 0.2) is 53.8 Å². The van der Waals surface area contributed by atoms with E-state index in [4.69, 9.17) is 17.3 Å².